The van der Waals surface area contributed by atoms with Gasteiger partial charge >= 0.3 is 6.03 Å². The van der Waals surface area contributed by atoms with Crippen LogP contribution in [0.2, 0.25) is 0 Å². The maximum atomic E-state index is 12.2. The number of pyridine rings is 1. The van der Waals surface area contributed by atoms with E-state index < -0.39 is 0 Å². The summed E-state index contributed by atoms with van der Waals surface area (Å²) in [4.78, 5) is 16.2. The number of carbonyl (C=O) groups is 1. The van der Waals surface area contributed by atoms with Crippen LogP contribution in [0.15, 0.2) is 67.1 Å². The van der Waals surface area contributed by atoms with E-state index in [1.807, 2.05) is 37.3 Å². The molecule has 3 rings (SSSR count). The number of anilines is 1. The van der Waals surface area contributed by atoms with Gasteiger partial charge in [0.25, 0.3) is 0 Å². The van der Waals surface area contributed by atoms with E-state index in [4.69, 9.17) is 0 Å². The van der Waals surface area contributed by atoms with Crippen LogP contribution in [0.5, 0.6) is 0 Å². The predicted molar refractivity (Wildman–Crippen MR) is 97.2 cm³/mol. The molecule has 0 saturated carbocycles. The van der Waals surface area contributed by atoms with E-state index >= 15 is 0 Å². The SMILES string of the molecule is C[C@@H](NC(=O)Nc1ccnn1CCc1ccccc1)c1ccncc1. The van der Waals surface area contributed by atoms with Gasteiger partial charge in [-0.1, -0.05) is 30.3 Å². The molecule has 0 unspecified atom stereocenters. The van der Waals surface area contributed by atoms with Gasteiger partial charge in [0.05, 0.1) is 12.2 Å². The fraction of sp³-hybridized carbons (Fsp3) is 0.211. The molecular formula is C19H21N5O. The van der Waals surface area contributed by atoms with Gasteiger partial charge in [-0.3, -0.25) is 10.3 Å². The van der Waals surface area contributed by atoms with Crippen molar-refractivity contribution in [3.8, 4) is 0 Å². The molecule has 2 aromatic heterocycles. The van der Waals surface area contributed by atoms with Gasteiger partial charge < -0.3 is 5.32 Å². The van der Waals surface area contributed by atoms with Gasteiger partial charge in [-0.2, -0.15) is 5.10 Å². The van der Waals surface area contributed by atoms with Crippen LogP contribution in [-0.4, -0.2) is 20.8 Å². The summed E-state index contributed by atoms with van der Waals surface area (Å²) in [5.74, 6) is 0.676. The lowest BCUT2D eigenvalue weighted by atomic mass is 10.1. The zero-order valence-corrected chi connectivity index (χ0v) is 14.1. The Morgan fingerprint density at radius 1 is 1.08 bits per heavy atom. The summed E-state index contributed by atoms with van der Waals surface area (Å²) in [6, 6.07) is 15.4. The van der Waals surface area contributed by atoms with Crippen LogP contribution in [0.3, 0.4) is 0 Å². The van der Waals surface area contributed by atoms with E-state index in [2.05, 4.69) is 32.8 Å². The number of nitrogens with one attached hydrogen (secondary N) is 2. The molecule has 0 bridgehead atoms. The quantitative estimate of drug-likeness (QED) is 0.725. The maximum Gasteiger partial charge on any atom is 0.320 e. The summed E-state index contributed by atoms with van der Waals surface area (Å²) in [7, 11) is 0. The first-order valence-corrected chi connectivity index (χ1v) is 8.25. The van der Waals surface area contributed by atoms with Gasteiger partial charge in [-0.05, 0) is 36.6 Å². The molecule has 6 heteroatoms. The largest absolute Gasteiger partial charge is 0.331 e. The topological polar surface area (TPSA) is 71.8 Å². The van der Waals surface area contributed by atoms with Crippen molar-refractivity contribution >= 4 is 11.8 Å². The Morgan fingerprint density at radius 2 is 1.84 bits per heavy atom. The molecule has 1 aromatic carbocycles. The molecule has 0 aliphatic carbocycles. The third-order valence-electron chi connectivity index (χ3n) is 3.97. The van der Waals surface area contributed by atoms with Crippen molar-refractivity contribution < 1.29 is 4.79 Å². The lowest BCUT2D eigenvalue weighted by Gasteiger charge is -2.15. The molecule has 3 aromatic rings. The number of urea groups is 1. The summed E-state index contributed by atoms with van der Waals surface area (Å²) in [5.41, 5.74) is 2.24. The van der Waals surface area contributed by atoms with Gasteiger partial charge in [0.15, 0.2) is 0 Å². The third kappa shape index (κ3) is 4.67. The molecule has 0 radical (unpaired) electrons. The van der Waals surface area contributed by atoms with Crippen LogP contribution < -0.4 is 10.6 Å². The Labute approximate surface area is 146 Å². The van der Waals surface area contributed by atoms with Crippen molar-refractivity contribution in [2.75, 3.05) is 5.32 Å². The molecule has 25 heavy (non-hydrogen) atoms. The molecule has 6 nitrogen and oxygen atoms in total. The molecule has 0 spiro atoms. The molecule has 1 atom stereocenters. The van der Waals surface area contributed by atoms with Crippen LogP contribution in [0, 0.1) is 0 Å². The van der Waals surface area contributed by atoms with Crippen molar-refractivity contribution in [2.24, 2.45) is 0 Å². The van der Waals surface area contributed by atoms with Crippen LogP contribution in [0.25, 0.3) is 0 Å². The second kappa shape index (κ2) is 8.10. The highest BCUT2D eigenvalue weighted by Crippen LogP contribution is 2.12. The van der Waals surface area contributed by atoms with Crippen molar-refractivity contribution in [1.82, 2.24) is 20.1 Å². The number of carbonyl (C=O) groups excluding carboxylic acids is 1. The number of amides is 2. The van der Waals surface area contributed by atoms with Crippen LogP contribution in [-0.2, 0) is 13.0 Å². The molecule has 0 saturated heterocycles. The molecular weight excluding hydrogens is 314 g/mol. The number of nitrogens with zero attached hydrogens (tertiary/aromatic N) is 3. The predicted octanol–water partition coefficient (Wildman–Crippen LogP) is 3.40. The number of hydrogen-bond donors (Lipinski definition) is 2. The summed E-state index contributed by atoms with van der Waals surface area (Å²) in [6.07, 6.45) is 5.97. The second-order valence-electron chi connectivity index (χ2n) is 5.78. The van der Waals surface area contributed by atoms with E-state index in [-0.39, 0.29) is 12.1 Å². The molecule has 0 aliphatic rings. The molecule has 2 heterocycles. The first-order chi connectivity index (χ1) is 12.2. The van der Waals surface area contributed by atoms with E-state index in [1.54, 1.807) is 29.3 Å². The standard InChI is InChI=1S/C19H21N5O/c1-15(17-7-11-20-12-8-17)22-19(25)23-18-9-13-21-24(18)14-10-16-5-3-2-4-6-16/h2-9,11-13,15H,10,14H2,1H3,(H2,22,23,25)/t15-/m1/s1. The summed E-state index contributed by atoms with van der Waals surface area (Å²) in [5, 5.41) is 10.1. The van der Waals surface area contributed by atoms with Crippen LogP contribution in [0.4, 0.5) is 10.6 Å². The lowest BCUT2D eigenvalue weighted by Crippen LogP contribution is -2.32. The number of hydrogen-bond acceptors (Lipinski definition) is 3. The van der Waals surface area contributed by atoms with Gasteiger partial charge in [0.1, 0.15) is 5.82 Å². The fourth-order valence-electron chi connectivity index (χ4n) is 2.58. The van der Waals surface area contributed by atoms with Gasteiger partial charge in [-0.25, -0.2) is 9.48 Å². The Balaban J connectivity index is 1.56. The number of aromatic nitrogens is 3. The Kier molecular flexibility index (Phi) is 5.41. The number of aryl methyl sites for hydroxylation is 2. The van der Waals surface area contributed by atoms with Crippen molar-refractivity contribution in [3.63, 3.8) is 0 Å². The monoisotopic (exact) mass is 335 g/mol. The summed E-state index contributed by atoms with van der Waals surface area (Å²) >= 11 is 0. The molecule has 128 valence electrons. The van der Waals surface area contributed by atoms with Crippen molar-refractivity contribution in [1.29, 1.82) is 0 Å². The third-order valence-corrected chi connectivity index (χ3v) is 3.97. The Bertz CT molecular complexity index is 801. The highest BCUT2D eigenvalue weighted by atomic mass is 16.2. The zero-order valence-electron chi connectivity index (χ0n) is 14.1. The highest BCUT2D eigenvalue weighted by molar-refractivity contribution is 5.88. The first-order valence-electron chi connectivity index (χ1n) is 8.25. The Hall–Kier alpha value is -3.15. The highest BCUT2D eigenvalue weighted by Gasteiger charge is 2.11. The molecule has 2 amide bonds. The maximum absolute atomic E-state index is 12.2. The summed E-state index contributed by atoms with van der Waals surface area (Å²) in [6.45, 7) is 2.63. The minimum absolute atomic E-state index is 0.108. The minimum Gasteiger partial charge on any atom is -0.331 e. The van der Waals surface area contributed by atoms with Crippen molar-refractivity contribution in [2.45, 2.75) is 25.9 Å². The van der Waals surface area contributed by atoms with E-state index in [0.29, 0.717) is 12.4 Å². The molecule has 0 aliphatic heterocycles. The smallest absolute Gasteiger partial charge is 0.320 e. The van der Waals surface area contributed by atoms with E-state index in [0.717, 1.165) is 12.0 Å². The second-order valence-corrected chi connectivity index (χ2v) is 5.78. The van der Waals surface area contributed by atoms with Crippen LogP contribution >= 0.6 is 0 Å². The van der Waals surface area contributed by atoms with E-state index in [9.17, 15) is 4.79 Å². The van der Waals surface area contributed by atoms with Crippen molar-refractivity contribution in [3.05, 3.63) is 78.2 Å². The lowest BCUT2D eigenvalue weighted by molar-refractivity contribution is 0.249. The first kappa shape index (κ1) is 16.7. The number of benzene rings is 1. The Morgan fingerprint density at radius 3 is 2.60 bits per heavy atom. The normalized spacial score (nSPS) is 11.7. The van der Waals surface area contributed by atoms with Gasteiger partial charge in [-0.15, -0.1) is 0 Å². The minimum atomic E-state index is -0.259. The van der Waals surface area contributed by atoms with E-state index in [1.165, 1.54) is 5.56 Å². The average molecular weight is 335 g/mol. The molecule has 2 N–H and O–H groups in total. The van der Waals surface area contributed by atoms with Gasteiger partial charge in [0, 0.05) is 25.0 Å². The average Bonchev–Trinajstić information content (AvgIpc) is 3.08. The number of rotatable bonds is 6. The summed E-state index contributed by atoms with van der Waals surface area (Å²) < 4.78 is 1.80. The van der Waals surface area contributed by atoms with Crippen LogP contribution in [0.1, 0.15) is 24.1 Å². The van der Waals surface area contributed by atoms with Gasteiger partial charge in [0.2, 0.25) is 0 Å². The zero-order chi connectivity index (χ0) is 17.5. The fourth-order valence-corrected chi connectivity index (χ4v) is 2.58. The molecule has 0 fully saturated rings.